The average Bonchev–Trinajstić information content (AvgIpc) is 2.78. The summed E-state index contributed by atoms with van der Waals surface area (Å²) >= 11 is 3.06. The number of para-hydroxylation sites is 1. The number of nitrogens with one attached hydrogen (secondary N) is 1. The third-order valence-electron chi connectivity index (χ3n) is 2.34. The topological polar surface area (TPSA) is 55.1 Å². The second kappa shape index (κ2) is 5.93. The van der Waals surface area contributed by atoms with E-state index in [-0.39, 0.29) is 5.91 Å². The molecule has 2 aromatic rings. The number of nitrogens with two attached hydrogens (primary N) is 1. The van der Waals surface area contributed by atoms with Gasteiger partial charge >= 0.3 is 0 Å². The molecule has 1 heterocycles. The van der Waals surface area contributed by atoms with Gasteiger partial charge in [-0.3, -0.25) is 4.79 Å². The van der Waals surface area contributed by atoms with Crippen molar-refractivity contribution >= 4 is 40.4 Å². The largest absolute Gasteiger partial charge is 0.397 e. The zero-order chi connectivity index (χ0) is 13.0. The number of benzene rings is 1. The summed E-state index contributed by atoms with van der Waals surface area (Å²) in [6, 6.07) is 9.52. The molecule has 0 aliphatic rings. The Labute approximate surface area is 114 Å². The Morgan fingerprint density at radius 2 is 2.17 bits per heavy atom. The van der Waals surface area contributed by atoms with Crippen molar-refractivity contribution in [2.24, 2.45) is 0 Å². The minimum absolute atomic E-state index is 0.147. The lowest BCUT2D eigenvalue weighted by molar-refractivity contribution is 0.103. The lowest BCUT2D eigenvalue weighted by Gasteiger charge is -2.09. The van der Waals surface area contributed by atoms with Crippen LogP contribution in [-0.2, 0) is 0 Å². The Kier molecular flexibility index (Phi) is 4.28. The number of carbonyl (C=O) groups excluding carboxylic acids is 1. The molecule has 0 radical (unpaired) electrons. The Morgan fingerprint density at radius 1 is 1.39 bits per heavy atom. The molecule has 94 valence electrons. The Balaban J connectivity index is 2.19. The summed E-state index contributed by atoms with van der Waals surface area (Å²) in [5.41, 5.74) is 7.10. The van der Waals surface area contributed by atoms with Crippen LogP contribution in [0.4, 0.5) is 11.4 Å². The zero-order valence-electron chi connectivity index (χ0n) is 9.97. The summed E-state index contributed by atoms with van der Waals surface area (Å²) in [6.45, 7) is 2.08. The Bertz CT molecular complexity index is 551. The van der Waals surface area contributed by atoms with Crippen molar-refractivity contribution < 1.29 is 4.79 Å². The van der Waals surface area contributed by atoms with Gasteiger partial charge in [0.25, 0.3) is 5.91 Å². The first-order valence-electron chi connectivity index (χ1n) is 5.58. The standard InChI is InChI=1S/C13H14N2OS2/c1-2-17-11-6-4-3-5-10(11)15-13(16)12-9(14)7-8-18-12/h3-8H,2,14H2,1H3,(H,15,16). The van der Waals surface area contributed by atoms with Gasteiger partial charge in [-0.25, -0.2) is 0 Å². The second-order valence-corrected chi connectivity index (χ2v) is 5.81. The van der Waals surface area contributed by atoms with Crippen molar-refractivity contribution in [3.8, 4) is 0 Å². The first-order chi connectivity index (χ1) is 8.72. The Hall–Kier alpha value is -1.46. The maximum absolute atomic E-state index is 12.1. The van der Waals surface area contributed by atoms with Crippen LogP contribution in [0.15, 0.2) is 40.6 Å². The van der Waals surface area contributed by atoms with E-state index < -0.39 is 0 Å². The second-order valence-electron chi connectivity index (χ2n) is 3.59. The van der Waals surface area contributed by atoms with Gasteiger partial charge in [0, 0.05) is 4.90 Å². The predicted molar refractivity (Wildman–Crippen MR) is 79.5 cm³/mol. The zero-order valence-corrected chi connectivity index (χ0v) is 11.6. The number of amides is 1. The Morgan fingerprint density at radius 3 is 2.83 bits per heavy atom. The van der Waals surface area contributed by atoms with Gasteiger partial charge in [0.05, 0.1) is 11.4 Å². The summed E-state index contributed by atoms with van der Waals surface area (Å²) in [5, 5.41) is 4.73. The first-order valence-corrected chi connectivity index (χ1v) is 7.45. The van der Waals surface area contributed by atoms with Gasteiger partial charge in [-0.2, -0.15) is 0 Å². The third-order valence-corrected chi connectivity index (χ3v) is 4.22. The minimum Gasteiger partial charge on any atom is -0.397 e. The van der Waals surface area contributed by atoms with E-state index >= 15 is 0 Å². The quantitative estimate of drug-likeness (QED) is 0.839. The molecule has 1 aromatic carbocycles. The van der Waals surface area contributed by atoms with Crippen molar-refractivity contribution in [3.63, 3.8) is 0 Å². The lowest BCUT2D eigenvalue weighted by Crippen LogP contribution is -2.12. The molecule has 0 bridgehead atoms. The maximum Gasteiger partial charge on any atom is 0.267 e. The van der Waals surface area contributed by atoms with Crippen molar-refractivity contribution in [3.05, 3.63) is 40.6 Å². The molecule has 0 fully saturated rings. The molecule has 0 aliphatic carbocycles. The summed E-state index contributed by atoms with van der Waals surface area (Å²) in [7, 11) is 0. The van der Waals surface area contributed by atoms with Gasteiger partial charge in [0.2, 0.25) is 0 Å². The number of thioether (sulfide) groups is 1. The van der Waals surface area contributed by atoms with Crippen LogP contribution in [0, 0.1) is 0 Å². The van der Waals surface area contributed by atoms with Crippen molar-refractivity contribution in [1.29, 1.82) is 0 Å². The molecule has 3 nitrogen and oxygen atoms in total. The predicted octanol–water partition coefficient (Wildman–Crippen LogP) is 3.69. The molecular weight excluding hydrogens is 264 g/mol. The number of carbonyl (C=O) groups is 1. The van der Waals surface area contributed by atoms with E-state index in [4.69, 9.17) is 5.73 Å². The van der Waals surface area contributed by atoms with Crippen molar-refractivity contribution in [2.75, 3.05) is 16.8 Å². The molecule has 0 aliphatic heterocycles. The molecular formula is C13H14N2OS2. The highest BCUT2D eigenvalue weighted by Crippen LogP contribution is 2.28. The molecule has 3 N–H and O–H groups in total. The van der Waals surface area contributed by atoms with Gasteiger partial charge in [-0.05, 0) is 29.3 Å². The van der Waals surface area contributed by atoms with E-state index in [1.165, 1.54) is 11.3 Å². The SMILES string of the molecule is CCSc1ccccc1NC(=O)c1sccc1N. The van der Waals surface area contributed by atoms with Crippen LogP contribution in [-0.4, -0.2) is 11.7 Å². The summed E-state index contributed by atoms with van der Waals surface area (Å²) in [4.78, 5) is 13.7. The first kappa shape index (κ1) is 13.0. The van der Waals surface area contributed by atoms with Gasteiger partial charge < -0.3 is 11.1 Å². The molecule has 2 rings (SSSR count). The molecule has 0 unspecified atom stereocenters. The molecule has 0 saturated heterocycles. The highest BCUT2D eigenvalue weighted by molar-refractivity contribution is 7.99. The fraction of sp³-hybridized carbons (Fsp3) is 0.154. The highest BCUT2D eigenvalue weighted by atomic mass is 32.2. The lowest BCUT2D eigenvalue weighted by atomic mass is 10.3. The van der Waals surface area contributed by atoms with E-state index in [1.807, 2.05) is 29.6 Å². The van der Waals surface area contributed by atoms with E-state index in [1.54, 1.807) is 17.8 Å². The summed E-state index contributed by atoms with van der Waals surface area (Å²) in [5.74, 6) is 0.820. The molecule has 1 amide bonds. The van der Waals surface area contributed by atoms with E-state index in [0.717, 1.165) is 16.3 Å². The van der Waals surface area contributed by atoms with Crippen LogP contribution < -0.4 is 11.1 Å². The van der Waals surface area contributed by atoms with E-state index in [2.05, 4.69) is 12.2 Å². The molecule has 1 aromatic heterocycles. The fourth-order valence-electron chi connectivity index (χ4n) is 1.53. The van der Waals surface area contributed by atoms with Crippen LogP contribution >= 0.6 is 23.1 Å². The summed E-state index contributed by atoms with van der Waals surface area (Å²) in [6.07, 6.45) is 0. The van der Waals surface area contributed by atoms with Gasteiger partial charge in [0.15, 0.2) is 0 Å². The number of rotatable bonds is 4. The molecule has 5 heteroatoms. The van der Waals surface area contributed by atoms with Crippen molar-refractivity contribution in [1.82, 2.24) is 0 Å². The summed E-state index contributed by atoms with van der Waals surface area (Å²) < 4.78 is 0. The number of thiophene rings is 1. The minimum atomic E-state index is -0.147. The van der Waals surface area contributed by atoms with Crippen LogP contribution in [0.3, 0.4) is 0 Å². The highest BCUT2D eigenvalue weighted by Gasteiger charge is 2.12. The molecule has 18 heavy (non-hydrogen) atoms. The van der Waals surface area contributed by atoms with Crippen molar-refractivity contribution in [2.45, 2.75) is 11.8 Å². The number of hydrogen-bond acceptors (Lipinski definition) is 4. The number of nitrogen functional groups attached to an aromatic ring is 1. The maximum atomic E-state index is 12.1. The smallest absolute Gasteiger partial charge is 0.267 e. The number of anilines is 2. The average molecular weight is 278 g/mol. The van der Waals surface area contributed by atoms with E-state index in [9.17, 15) is 4.79 Å². The fourth-order valence-corrected chi connectivity index (χ4v) is 3.01. The van der Waals surface area contributed by atoms with E-state index in [0.29, 0.717) is 10.6 Å². The van der Waals surface area contributed by atoms with Crippen LogP contribution in [0.1, 0.15) is 16.6 Å². The molecule has 0 atom stereocenters. The van der Waals surface area contributed by atoms with Crippen LogP contribution in [0.25, 0.3) is 0 Å². The van der Waals surface area contributed by atoms with Gasteiger partial charge in [0.1, 0.15) is 4.88 Å². The van der Waals surface area contributed by atoms with Gasteiger partial charge in [-0.1, -0.05) is 19.1 Å². The normalized spacial score (nSPS) is 10.3. The molecule has 0 saturated carbocycles. The van der Waals surface area contributed by atoms with Gasteiger partial charge in [-0.15, -0.1) is 23.1 Å². The van der Waals surface area contributed by atoms with Crippen LogP contribution in [0.5, 0.6) is 0 Å². The number of hydrogen-bond donors (Lipinski definition) is 2. The third kappa shape index (κ3) is 2.86. The monoisotopic (exact) mass is 278 g/mol. The molecule has 0 spiro atoms. The van der Waals surface area contributed by atoms with Crippen LogP contribution in [0.2, 0.25) is 0 Å².